The van der Waals surface area contributed by atoms with Crippen molar-refractivity contribution in [1.82, 2.24) is 9.78 Å². The van der Waals surface area contributed by atoms with Crippen LogP contribution >= 0.6 is 0 Å². The van der Waals surface area contributed by atoms with Crippen LogP contribution in [0, 0.1) is 5.82 Å². The minimum atomic E-state index is -4.88. The van der Waals surface area contributed by atoms with E-state index in [4.69, 9.17) is 0 Å². The number of benzene rings is 2. The van der Waals surface area contributed by atoms with Gasteiger partial charge in [0, 0.05) is 11.6 Å². The second-order valence-corrected chi connectivity index (χ2v) is 7.77. The Kier molecular flexibility index (Phi) is 6.18. The Morgan fingerprint density at radius 2 is 1.71 bits per heavy atom. The summed E-state index contributed by atoms with van der Waals surface area (Å²) >= 11 is 0. The zero-order valence-electron chi connectivity index (χ0n) is 17.5. The lowest BCUT2D eigenvalue weighted by molar-refractivity contribution is -0.139. The number of anilines is 2. The predicted octanol–water partition coefficient (Wildman–Crippen LogP) is 4.17. The number of rotatable bonds is 6. The monoisotopic (exact) mass is 474 g/mol. The highest BCUT2D eigenvalue weighted by atomic mass is 19.4. The fraction of sp³-hybridized carbons (Fsp3) is 0.217. The van der Waals surface area contributed by atoms with Crippen molar-refractivity contribution in [2.75, 3.05) is 10.6 Å². The van der Waals surface area contributed by atoms with E-state index in [0.29, 0.717) is 23.2 Å². The summed E-state index contributed by atoms with van der Waals surface area (Å²) in [5, 5.41) is 8.95. The van der Waals surface area contributed by atoms with Crippen molar-refractivity contribution in [1.29, 1.82) is 0 Å². The molecule has 0 aliphatic heterocycles. The third-order valence-electron chi connectivity index (χ3n) is 5.14. The number of hydrogen-bond acceptors (Lipinski definition) is 4. The largest absolute Gasteiger partial charge is 0.421 e. The van der Waals surface area contributed by atoms with E-state index in [9.17, 15) is 31.9 Å². The second kappa shape index (κ2) is 9.08. The summed E-state index contributed by atoms with van der Waals surface area (Å²) in [5.74, 6) is -2.09. The quantitative estimate of drug-likeness (QED) is 0.525. The van der Waals surface area contributed by atoms with Crippen molar-refractivity contribution in [3.05, 3.63) is 87.6 Å². The lowest BCUT2D eigenvalue weighted by Crippen LogP contribution is -2.35. The van der Waals surface area contributed by atoms with Gasteiger partial charge in [0.1, 0.15) is 17.9 Å². The number of amides is 2. The van der Waals surface area contributed by atoms with Crippen LogP contribution in [0.4, 0.5) is 28.9 Å². The van der Waals surface area contributed by atoms with Gasteiger partial charge < -0.3 is 10.6 Å². The van der Waals surface area contributed by atoms with Crippen LogP contribution in [-0.2, 0) is 17.5 Å². The Balaban J connectivity index is 1.54. The molecule has 2 amide bonds. The summed E-state index contributed by atoms with van der Waals surface area (Å²) in [4.78, 5) is 37.6. The SMILES string of the molecule is O=C(Cn1nc(C2CC2)cc(C(F)(F)F)c1=O)Nc1ccccc1C(=O)Nc1ccc(F)cc1. The Morgan fingerprint density at radius 1 is 1.03 bits per heavy atom. The standard InChI is InChI=1S/C23H18F4N4O3/c24-14-7-9-15(10-8-14)28-21(33)16-3-1-2-4-18(16)29-20(32)12-31-22(34)17(23(25,26)27)11-19(30-31)13-5-6-13/h1-4,7-11,13H,5-6,12H2,(H,28,33)(H,29,32). The predicted molar refractivity (Wildman–Crippen MR) is 115 cm³/mol. The van der Waals surface area contributed by atoms with Crippen molar-refractivity contribution in [3.8, 4) is 0 Å². The molecule has 0 atom stereocenters. The third-order valence-corrected chi connectivity index (χ3v) is 5.14. The molecule has 176 valence electrons. The van der Waals surface area contributed by atoms with E-state index in [0.717, 1.165) is 6.07 Å². The maximum absolute atomic E-state index is 13.3. The van der Waals surface area contributed by atoms with Gasteiger partial charge in [-0.2, -0.15) is 18.3 Å². The number of nitrogens with zero attached hydrogens (tertiary/aromatic N) is 2. The van der Waals surface area contributed by atoms with E-state index in [1.54, 1.807) is 12.1 Å². The average molecular weight is 474 g/mol. The zero-order chi connectivity index (χ0) is 24.5. The molecule has 0 bridgehead atoms. The highest BCUT2D eigenvalue weighted by molar-refractivity contribution is 6.10. The molecule has 1 heterocycles. The average Bonchev–Trinajstić information content (AvgIpc) is 3.62. The minimum absolute atomic E-state index is 0.0585. The summed E-state index contributed by atoms with van der Waals surface area (Å²) in [7, 11) is 0. The first-order valence-electron chi connectivity index (χ1n) is 10.3. The van der Waals surface area contributed by atoms with Crippen molar-refractivity contribution in [2.24, 2.45) is 0 Å². The molecule has 0 saturated heterocycles. The number of nitrogens with one attached hydrogen (secondary N) is 2. The van der Waals surface area contributed by atoms with Crippen LogP contribution in [0.15, 0.2) is 59.4 Å². The van der Waals surface area contributed by atoms with Crippen LogP contribution in [0.1, 0.15) is 40.4 Å². The van der Waals surface area contributed by atoms with E-state index in [1.165, 1.54) is 36.4 Å². The number of alkyl halides is 3. The third kappa shape index (κ3) is 5.30. The lowest BCUT2D eigenvalue weighted by Gasteiger charge is -2.14. The maximum Gasteiger partial charge on any atom is 0.421 e. The Bertz CT molecular complexity index is 1300. The van der Waals surface area contributed by atoms with Gasteiger partial charge >= 0.3 is 6.18 Å². The molecule has 7 nitrogen and oxygen atoms in total. The molecule has 0 unspecified atom stereocenters. The smallest absolute Gasteiger partial charge is 0.324 e. The summed E-state index contributed by atoms with van der Waals surface area (Å²) in [5.41, 5.74) is -2.23. The molecule has 1 aromatic heterocycles. The van der Waals surface area contributed by atoms with Crippen molar-refractivity contribution < 1.29 is 27.2 Å². The highest BCUT2D eigenvalue weighted by Crippen LogP contribution is 2.40. The molecule has 1 aliphatic rings. The normalized spacial score (nSPS) is 13.4. The van der Waals surface area contributed by atoms with Gasteiger partial charge in [0.2, 0.25) is 5.91 Å². The summed E-state index contributed by atoms with van der Waals surface area (Å²) < 4.78 is 53.5. The van der Waals surface area contributed by atoms with Crippen LogP contribution in [0.2, 0.25) is 0 Å². The van der Waals surface area contributed by atoms with Gasteiger partial charge in [0.05, 0.1) is 16.9 Å². The van der Waals surface area contributed by atoms with E-state index >= 15 is 0 Å². The molecule has 1 fully saturated rings. The Hall–Kier alpha value is -4.02. The van der Waals surface area contributed by atoms with Crippen molar-refractivity contribution in [2.45, 2.75) is 31.5 Å². The van der Waals surface area contributed by atoms with Crippen LogP contribution in [0.3, 0.4) is 0 Å². The van der Waals surface area contributed by atoms with E-state index in [1.807, 2.05) is 0 Å². The van der Waals surface area contributed by atoms with E-state index < -0.39 is 41.5 Å². The van der Waals surface area contributed by atoms with Crippen LogP contribution in [-0.4, -0.2) is 21.6 Å². The maximum atomic E-state index is 13.3. The zero-order valence-corrected chi connectivity index (χ0v) is 17.5. The van der Waals surface area contributed by atoms with Gasteiger partial charge in [-0.3, -0.25) is 14.4 Å². The summed E-state index contributed by atoms with van der Waals surface area (Å²) in [6.45, 7) is -0.767. The molecule has 11 heteroatoms. The topological polar surface area (TPSA) is 93.1 Å². The second-order valence-electron chi connectivity index (χ2n) is 7.77. The van der Waals surface area contributed by atoms with Gasteiger partial charge in [-0.05, 0) is 55.3 Å². The van der Waals surface area contributed by atoms with Gasteiger partial charge in [-0.1, -0.05) is 12.1 Å². The van der Waals surface area contributed by atoms with Gasteiger partial charge in [-0.15, -0.1) is 0 Å². The first kappa shape index (κ1) is 23.1. The molecule has 1 saturated carbocycles. The molecule has 0 spiro atoms. The first-order chi connectivity index (χ1) is 16.1. The molecular formula is C23H18F4N4O3. The fourth-order valence-corrected chi connectivity index (χ4v) is 3.30. The number of carbonyl (C=O) groups excluding carboxylic acids is 2. The Morgan fingerprint density at radius 3 is 2.35 bits per heavy atom. The van der Waals surface area contributed by atoms with Crippen LogP contribution in [0.25, 0.3) is 0 Å². The molecule has 4 rings (SSSR count). The molecule has 1 aliphatic carbocycles. The molecule has 0 radical (unpaired) electrons. The van der Waals surface area contributed by atoms with E-state index in [2.05, 4.69) is 15.7 Å². The molecule has 3 aromatic rings. The van der Waals surface area contributed by atoms with E-state index in [-0.39, 0.29) is 22.9 Å². The molecule has 2 N–H and O–H groups in total. The lowest BCUT2D eigenvalue weighted by atomic mass is 10.1. The first-order valence-corrected chi connectivity index (χ1v) is 10.3. The van der Waals surface area contributed by atoms with Crippen LogP contribution < -0.4 is 16.2 Å². The number of hydrogen-bond donors (Lipinski definition) is 2. The van der Waals surface area contributed by atoms with Gasteiger partial charge in [0.25, 0.3) is 11.5 Å². The van der Waals surface area contributed by atoms with Crippen molar-refractivity contribution >= 4 is 23.2 Å². The molecule has 2 aromatic carbocycles. The minimum Gasteiger partial charge on any atom is -0.324 e. The van der Waals surface area contributed by atoms with Crippen molar-refractivity contribution in [3.63, 3.8) is 0 Å². The summed E-state index contributed by atoms with van der Waals surface area (Å²) in [6, 6.07) is 11.7. The molecular weight excluding hydrogens is 456 g/mol. The van der Waals surface area contributed by atoms with Gasteiger partial charge in [-0.25, -0.2) is 9.07 Å². The van der Waals surface area contributed by atoms with Gasteiger partial charge in [0.15, 0.2) is 0 Å². The molecule has 34 heavy (non-hydrogen) atoms. The number of para-hydroxylation sites is 1. The van der Waals surface area contributed by atoms with Crippen LogP contribution in [0.5, 0.6) is 0 Å². The summed E-state index contributed by atoms with van der Waals surface area (Å²) in [6.07, 6.45) is -3.57. The number of aromatic nitrogens is 2. The number of halogens is 4. The number of carbonyl (C=O) groups is 2. The Labute approximate surface area is 190 Å². The highest BCUT2D eigenvalue weighted by Gasteiger charge is 2.37. The fourth-order valence-electron chi connectivity index (χ4n) is 3.30.